The molecule has 1 heterocycles. The lowest BCUT2D eigenvalue weighted by Crippen LogP contribution is -2.38. The van der Waals surface area contributed by atoms with Gasteiger partial charge in [-0.15, -0.1) is 11.3 Å². The van der Waals surface area contributed by atoms with Crippen LogP contribution in [0.15, 0.2) is 17.5 Å². The Morgan fingerprint density at radius 3 is 2.75 bits per heavy atom. The number of nitrogens with zero attached hydrogens (tertiary/aromatic N) is 1. The summed E-state index contributed by atoms with van der Waals surface area (Å²) >= 11 is 1.21. The van der Waals surface area contributed by atoms with Crippen LogP contribution in [0.5, 0.6) is 0 Å². The average molecular weight is 296 g/mol. The SMILES string of the molecule is CCNC(=O)CN(C)C(=O)c1sccc1C=CC(=O)O. The lowest BCUT2D eigenvalue weighted by molar-refractivity contribution is -0.131. The van der Waals surface area contributed by atoms with Crippen LogP contribution in [0, 0.1) is 0 Å². The summed E-state index contributed by atoms with van der Waals surface area (Å²) in [5.41, 5.74) is 0.533. The summed E-state index contributed by atoms with van der Waals surface area (Å²) in [6, 6.07) is 1.66. The van der Waals surface area contributed by atoms with E-state index in [1.807, 2.05) is 0 Å². The maximum Gasteiger partial charge on any atom is 0.328 e. The molecule has 1 aromatic rings. The first kappa shape index (κ1) is 15.9. The van der Waals surface area contributed by atoms with Gasteiger partial charge in [0, 0.05) is 19.7 Å². The highest BCUT2D eigenvalue weighted by Crippen LogP contribution is 2.20. The van der Waals surface area contributed by atoms with Gasteiger partial charge in [0.2, 0.25) is 5.91 Å². The monoisotopic (exact) mass is 296 g/mol. The zero-order valence-electron chi connectivity index (χ0n) is 11.3. The molecule has 0 radical (unpaired) electrons. The number of nitrogens with one attached hydrogen (secondary N) is 1. The summed E-state index contributed by atoms with van der Waals surface area (Å²) in [7, 11) is 1.53. The number of likely N-dealkylation sites (N-methyl/N-ethyl adjacent to an activating group) is 2. The van der Waals surface area contributed by atoms with E-state index in [1.165, 1.54) is 29.4 Å². The molecule has 108 valence electrons. The second-order valence-electron chi connectivity index (χ2n) is 3.99. The number of thiophene rings is 1. The van der Waals surface area contributed by atoms with E-state index >= 15 is 0 Å². The van der Waals surface area contributed by atoms with Gasteiger partial charge in [-0.25, -0.2) is 4.79 Å². The normalized spacial score (nSPS) is 10.5. The predicted molar refractivity (Wildman–Crippen MR) is 76.6 cm³/mol. The van der Waals surface area contributed by atoms with Crippen molar-refractivity contribution in [2.24, 2.45) is 0 Å². The van der Waals surface area contributed by atoms with Crippen molar-refractivity contribution in [1.29, 1.82) is 0 Å². The number of carbonyl (C=O) groups excluding carboxylic acids is 2. The van der Waals surface area contributed by atoms with Crippen molar-refractivity contribution in [3.8, 4) is 0 Å². The number of carboxylic acids is 1. The van der Waals surface area contributed by atoms with Gasteiger partial charge in [-0.3, -0.25) is 9.59 Å². The average Bonchev–Trinajstić information content (AvgIpc) is 2.83. The van der Waals surface area contributed by atoms with Crippen molar-refractivity contribution in [1.82, 2.24) is 10.2 Å². The van der Waals surface area contributed by atoms with Crippen molar-refractivity contribution >= 4 is 35.2 Å². The fourth-order valence-electron chi connectivity index (χ4n) is 1.50. The Hall–Kier alpha value is -2.15. The Labute approximate surface area is 120 Å². The Kier molecular flexibility index (Phi) is 5.92. The van der Waals surface area contributed by atoms with Crippen LogP contribution < -0.4 is 5.32 Å². The Morgan fingerprint density at radius 2 is 2.15 bits per heavy atom. The van der Waals surface area contributed by atoms with Gasteiger partial charge in [0.1, 0.15) is 0 Å². The van der Waals surface area contributed by atoms with Crippen LogP contribution in [0.2, 0.25) is 0 Å². The number of aliphatic carboxylic acids is 1. The molecule has 0 saturated heterocycles. The third kappa shape index (κ3) is 4.51. The number of amides is 2. The molecular formula is C13H16N2O4S. The fourth-order valence-corrected chi connectivity index (χ4v) is 2.38. The minimum absolute atomic E-state index is 0.0351. The van der Waals surface area contributed by atoms with E-state index < -0.39 is 5.97 Å². The third-order valence-electron chi connectivity index (χ3n) is 2.40. The molecule has 2 N–H and O–H groups in total. The van der Waals surface area contributed by atoms with Gasteiger partial charge < -0.3 is 15.3 Å². The Bertz CT molecular complexity index is 536. The largest absolute Gasteiger partial charge is 0.478 e. The van der Waals surface area contributed by atoms with Crippen LogP contribution in [0.4, 0.5) is 0 Å². The molecule has 0 fully saturated rings. The van der Waals surface area contributed by atoms with Crippen LogP contribution in [0.3, 0.4) is 0 Å². The molecule has 7 heteroatoms. The minimum Gasteiger partial charge on any atom is -0.478 e. The Morgan fingerprint density at radius 1 is 1.45 bits per heavy atom. The quantitative estimate of drug-likeness (QED) is 0.768. The van der Waals surface area contributed by atoms with Crippen LogP contribution in [0.25, 0.3) is 6.08 Å². The first-order valence-electron chi connectivity index (χ1n) is 5.96. The number of hydrogen-bond donors (Lipinski definition) is 2. The van der Waals surface area contributed by atoms with E-state index in [9.17, 15) is 14.4 Å². The molecule has 0 aliphatic heterocycles. The maximum atomic E-state index is 12.2. The molecule has 0 unspecified atom stereocenters. The highest BCUT2D eigenvalue weighted by atomic mass is 32.1. The summed E-state index contributed by atoms with van der Waals surface area (Å²) in [5.74, 6) is -1.62. The Balaban J connectivity index is 2.79. The van der Waals surface area contributed by atoms with E-state index in [0.717, 1.165) is 6.08 Å². The molecule has 0 aliphatic carbocycles. The van der Waals surface area contributed by atoms with E-state index in [4.69, 9.17) is 5.11 Å². The lowest BCUT2D eigenvalue weighted by atomic mass is 10.2. The number of carboxylic acid groups (broad SMARTS) is 1. The van der Waals surface area contributed by atoms with Crippen LogP contribution >= 0.6 is 11.3 Å². The summed E-state index contributed by atoms with van der Waals surface area (Å²) in [4.78, 5) is 35.8. The van der Waals surface area contributed by atoms with Crippen molar-refractivity contribution in [2.45, 2.75) is 6.92 Å². The molecule has 0 bridgehead atoms. The minimum atomic E-state index is -1.08. The molecule has 2 amide bonds. The highest BCUT2D eigenvalue weighted by molar-refractivity contribution is 7.12. The molecule has 0 aliphatic rings. The van der Waals surface area contributed by atoms with Crippen molar-refractivity contribution in [3.63, 3.8) is 0 Å². The molecule has 0 spiro atoms. The molecule has 1 rings (SSSR count). The summed E-state index contributed by atoms with van der Waals surface area (Å²) < 4.78 is 0. The fraction of sp³-hybridized carbons (Fsp3) is 0.308. The summed E-state index contributed by atoms with van der Waals surface area (Å²) in [5, 5.41) is 12.9. The molecular weight excluding hydrogens is 280 g/mol. The highest BCUT2D eigenvalue weighted by Gasteiger charge is 2.18. The van der Waals surface area contributed by atoms with Crippen LogP contribution in [0.1, 0.15) is 22.2 Å². The van der Waals surface area contributed by atoms with E-state index in [0.29, 0.717) is 17.0 Å². The first-order chi connectivity index (χ1) is 9.45. The van der Waals surface area contributed by atoms with Gasteiger partial charge in [0.15, 0.2) is 0 Å². The van der Waals surface area contributed by atoms with Gasteiger partial charge in [-0.1, -0.05) is 0 Å². The van der Waals surface area contributed by atoms with Crippen molar-refractivity contribution in [3.05, 3.63) is 28.0 Å². The number of hydrogen-bond acceptors (Lipinski definition) is 4. The van der Waals surface area contributed by atoms with Crippen molar-refractivity contribution in [2.75, 3.05) is 20.1 Å². The predicted octanol–water partition coefficient (Wildman–Crippen LogP) is 1.05. The van der Waals surface area contributed by atoms with E-state index in [2.05, 4.69) is 5.32 Å². The van der Waals surface area contributed by atoms with Gasteiger partial charge in [0.25, 0.3) is 5.91 Å². The third-order valence-corrected chi connectivity index (χ3v) is 3.32. The molecule has 6 nitrogen and oxygen atoms in total. The number of rotatable bonds is 6. The summed E-state index contributed by atoms with van der Waals surface area (Å²) in [6.07, 6.45) is 2.34. The zero-order chi connectivity index (χ0) is 15.1. The van der Waals surface area contributed by atoms with Gasteiger partial charge in [0.05, 0.1) is 11.4 Å². The zero-order valence-corrected chi connectivity index (χ0v) is 12.1. The van der Waals surface area contributed by atoms with Crippen LogP contribution in [-0.2, 0) is 9.59 Å². The van der Waals surface area contributed by atoms with Gasteiger partial charge in [-0.05, 0) is 30.0 Å². The number of carbonyl (C=O) groups is 3. The van der Waals surface area contributed by atoms with Crippen LogP contribution in [-0.4, -0.2) is 47.9 Å². The molecule has 0 saturated carbocycles. The molecule has 1 aromatic heterocycles. The van der Waals surface area contributed by atoms with Gasteiger partial charge >= 0.3 is 5.97 Å². The molecule has 20 heavy (non-hydrogen) atoms. The second-order valence-corrected chi connectivity index (χ2v) is 4.91. The second kappa shape index (κ2) is 7.44. The van der Waals surface area contributed by atoms with Crippen molar-refractivity contribution < 1.29 is 19.5 Å². The van der Waals surface area contributed by atoms with E-state index in [-0.39, 0.29) is 18.4 Å². The topological polar surface area (TPSA) is 86.7 Å². The molecule has 0 atom stereocenters. The standard InChI is InChI=1S/C13H16N2O4S/c1-3-14-10(16)8-15(2)13(19)12-9(6-7-20-12)4-5-11(17)18/h4-7H,3,8H2,1-2H3,(H,14,16)(H,17,18). The summed E-state index contributed by atoms with van der Waals surface area (Å²) in [6.45, 7) is 2.27. The smallest absolute Gasteiger partial charge is 0.328 e. The first-order valence-corrected chi connectivity index (χ1v) is 6.84. The van der Waals surface area contributed by atoms with Gasteiger partial charge in [-0.2, -0.15) is 0 Å². The lowest BCUT2D eigenvalue weighted by Gasteiger charge is -2.16. The maximum absolute atomic E-state index is 12.2. The molecule has 0 aromatic carbocycles. The van der Waals surface area contributed by atoms with E-state index in [1.54, 1.807) is 18.4 Å².